The van der Waals surface area contributed by atoms with Crippen molar-refractivity contribution in [3.8, 4) is 0 Å². The van der Waals surface area contributed by atoms with E-state index in [9.17, 15) is 18.3 Å². The fourth-order valence-electron chi connectivity index (χ4n) is 4.47. The monoisotopic (exact) mass is 577 g/mol. The van der Waals surface area contributed by atoms with Crippen molar-refractivity contribution in [2.24, 2.45) is 0 Å². The maximum Gasteiger partial charge on any atom is 0.319 e. The lowest BCUT2D eigenvalue weighted by atomic mass is 10.1. The van der Waals surface area contributed by atoms with Crippen LogP contribution in [0.25, 0.3) is 10.9 Å². The first-order chi connectivity index (χ1) is 19.8. The van der Waals surface area contributed by atoms with Crippen LogP contribution in [-0.2, 0) is 16.4 Å². The molecular formula is C31H39N5O4S. The quantitative estimate of drug-likeness (QED) is 0.103. The number of unbranched alkanes of at least 4 members (excludes halogenated alkanes) is 3. The lowest BCUT2D eigenvalue weighted by molar-refractivity contribution is 0.175. The molecule has 4 rings (SSSR count). The van der Waals surface area contributed by atoms with Crippen molar-refractivity contribution in [1.82, 2.24) is 15.6 Å². The number of amides is 2. The van der Waals surface area contributed by atoms with Crippen molar-refractivity contribution >= 4 is 38.3 Å². The Labute approximate surface area is 241 Å². The van der Waals surface area contributed by atoms with E-state index in [1.807, 2.05) is 42.6 Å². The molecule has 41 heavy (non-hydrogen) atoms. The van der Waals surface area contributed by atoms with Crippen molar-refractivity contribution in [3.63, 3.8) is 0 Å². The van der Waals surface area contributed by atoms with Gasteiger partial charge in [0.25, 0.3) is 10.0 Å². The number of fused-ring (bicyclic) bond motifs is 1. The zero-order valence-corrected chi connectivity index (χ0v) is 24.1. The number of hydrogen-bond donors (Lipinski definition) is 6. The number of sulfonamides is 1. The summed E-state index contributed by atoms with van der Waals surface area (Å²) in [5.74, 6) is 0. The third kappa shape index (κ3) is 9.07. The van der Waals surface area contributed by atoms with Gasteiger partial charge in [0.1, 0.15) is 0 Å². The van der Waals surface area contributed by atoms with Crippen LogP contribution < -0.4 is 20.7 Å². The molecular weight excluding hydrogens is 538 g/mol. The summed E-state index contributed by atoms with van der Waals surface area (Å²) in [7, 11) is -3.78. The van der Waals surface area contributed by atoms with Gasteiger partial charge in [0.05, 0.1) is 11.0 Å². The molecule has 2 amide bonds. The van der Waals surface area contributed by atoms with Gasteiger partial charge in [-0.25, -0.2) is 13.2 Å². The van der Waals surface area contributed by atoms with Gasteiger partial charge in [0.15, 0.2) is 0 Å². The minimum Gasteiger partial charge on any atom is -0.387 e. The van der Waals surface area contributed by atoms with Crippen LogP contribution in [0.2, 0.25) is 0 Å². The fourth-order valence-corrected chi connectivity index (χ4v) is 5.53. The molecule has 4 aromatic rings. The van der Waals surface area contributed by atoms with E-state index < -0.39 is 16.1 Å². The van der Waals surface area contributed by atoms with Gasteiger partial charge in [0.2, 0.25) is 0 Å². The molecule has 3 aromatic carbocycles. The van der Waals surface area contributed by atoms with Crippen LogP contribution >= 0.6 is 0 Å². The number of rotatable bonds is 15. The van der Waals surface area contributed by atoms with E-state index in [2.05, 4.69) is 32.6 Å². The Balaban J connectivity index is 1.20. The average molecular weight is 578 g/mol. The molecule has 218 valence electrons. The van der Waals surface area contributed by atoms with E-state index in [-0.39, 0.29) is 10.9 Å². The van der Waals surface area contributed by atoms with Crippen LogP contribution in [-0.4, -0.2) is 44.2 Å². The lowest BCUT2D eigenvalue weighted by Crippen LogP contribution is -2.29. The van der Waals surface area contributed by atoms with E-state index in [1.54, 1.807) is 24.3 Å². The highest BCUT2D eigenvalue weighted by molar-refractivity contribution is 7.92. The van der Waals surface area contributed by atoms with Gasteiger partial charge in [-0.2, -0.15) is 0 Å². The molecule has 0 saturated carbocycles. The molecule has 1 heterocycles. The number of hydrogen-bond acceptors (Lipinski definition) is 5. The van der Waals surface area contributed by atoms with E-state index in [0.29, 0.717) is 31.0 Å². The maximum atomic E-state index is 12.9. The van der Waals surface area contributed by atoms with Crippen molar-refractivity contribution in [2.45, 2.75) is 50.0 Å². The first kappa shape index (κ1) is 30.1. The van der Waals surface area contributed by atoms with E-state index in [0.717, 1.165) is 54.1 Å². The van der Waals surface area contributed by atoms with Crippen LogP contribution in [0.15, 0.2) is 83.9 Å². The van der Waals surface area contributed by atoms with Gasteiger partial charge in [-0.05, 0) is 90.5 Å². The van der Waals surface area contributed by atoms with E-state index in [4.69, 9.17) is 0 Å². The molecule has 1 unspecified atom stereocenters. The Kier molecular flexibility index (Phi) is 10.8. The second-order valence-corrected chi connectivity index (χ2v) is 11.7. The van der Waals surface area contributed by atoms with Gasteiger partial charge in [-0.1, -0.05) is 44.4 Å². The third-order valence-electron chi connectivity index (χ3n) is 6.83. The van der Waals surface area contributed by atoms with Crippen LogP contribution in [0, 0.1) is 0 Å². The topological polar surface area (TPSA) is 135 Å². The van der Waals surface area contributed by atoms with Crippen molar-refractivity contribution in [2.75, 3.05) is 29.7 Å². The average Bonchev–Trinajstić information content (AvgIpc) is 3.44. The number of aromatic amines is 1. The molecule has 0 bridgehead atoms. The Bertz CT molecular complexity index is 1500. The number of aromatic nitrogens is 1. The molecule has 0 fully saturated rings. The molecule has 6 N–H and O–H groups in total. The summed E-state index contributed by atoms with van der Waals surface area (Å²) >= 11 is 0. The Morgan fingerprint density at radius 3 is 2.41 bits per heavy atom. The second kappa shape index (κ2) is 14.7. The number of carbonyl (C=O) groups is 1. The number of nitrogens with one attached hydrogen (secondary N) is 5. The van der Waals surface area contributed by atoms with Gasteiger partial charge in [-0.3, -0.25) is 4.72 Å². The van der Waals surface area contributed by atoms with Crippen LogP contribution in [0.3, 0.4) is 0 Å². The molecule has 0 radical (unpaired) electrons. The van der Waals surface area contributed by atoms with Crippen LogP contribution in [0.5, 0.6) is 0 Å². The second-order valence-electron chi connectivity index (χ2n) is 10.1. The first-order valence-electron chi connectivity index (χ1n) is 14.1. The third-order valence-corrected chi connectivity index (χ3v) is 8.23. The molecule has 10 heteroatoms. The van der Waals surface area contributed by atoms with Crippen molar-refractivity contribution < 1.29 is 18.3 Å². The Morgan fingerprint density at radius 2 is 1.66 bits per heavy atom. The molecule has 0 aliphatic heterocycles. The summed E-state index contributed by atoms with van der Waals surface area (Å²) in [6.07, 6.45) is 6.30. The summed E-state index contributed by atoms with van der Waals surface area (Å²) in [6, 6.07) is 20.8. The van der Waals surface area contributed by atoms with E-state index in [1.165, 1.54) is 12.1 Å². The largest absolute Gasteiger partial charge is 0.387 e. The van der Waals surface area contributed by atoms with Crippen molar-refractivity contribution in [3.05, 3.63) is 90.1 Å². The minimum absolute atomic E-state index is 0.102. The predicted octanol–water partition coefficient (Wildman–Crippen LogP) is 5.54. The molecule has 1 atom stereocenters. The SMILES string of the molecule is CCCCCCNC(=O)Nc1ccc(S(=O)(=O)Nc2ccc(CCNCC(O)c3ccc4[nH]ccc4c3)cc2)cc1. The van der Waals surface area contributed by atoms with Gasteiger partial charge in [-0.15, -0.1) is 0 Å². The molecule has 0 saturated heterocycles. The molecule has 9 nitrogen and oxygen atoms in total. The summed E-state index contributed by atoms with van der Waals surface area (Å²) in [6.45, 7) is 3.85. The Morgan fingerprint density at radius 1 is 0.902 bits per heavy atom. The summed E-state index contributed by atoms with van der Waals surface area (Å²) in [5.41, 5.74) is 3.93. The molecule has 0 aliphatic rings. The summed E-state index contributed by atoms with van der Waals surface area (Å²) in [5, 5.41) is 20.4. The number of carbonyl (C=O) groups excluding carboxylic acids is 1. The fraction of sp³-hybridized carbons (Fsp3) is 0.323. The molecule has 0 aliphatic carbocycles. The number of benzene rings is 3. The zero-order valence-electron chi connectivity index (χ0n) is 23.3. The normalized spacial score (nSPS) is 12.2. The predicted molar refractivity (Wildman–Crippen MR) is 165 cm³/mol. The van der Waals surface area contributed by atoms with Crippen LogP contribution in [0.4, 0.5) is 16.2 Å². The molecule has 1 aromatic heterocycles. The highest BCUT2D eigenvalue weighted by Gasteiger charge is 2.15. The summed E-state index contributed by atoms with van der Waals surface area (Å²) < 4.78 is 28.3. The highest BCUT2D eigenvalue weighted by Crippen LogP contribution is 2.20. The lowest BCUT2D eigenvalue weighted by Gasteiger charge is -2.13. The highest BCUT2D eigenvalue weighted by atomic mass is 32.2. The minimum atomic E-state index is -3.78. The number of anilines is 2. The van der Waals surface area contributed by atoms with Gasteiger partial charge >= 0.3 is 6.03 Å². The van der Waals surface area contributed by atoms with E-state index >= 15 is 0 Å². The number of aliphatic hydroxyl groups is 1. The smallest absolute Gasteiger partial charge is 0.319 e. The van der Waals surface area contributed by atoms with Crippen LogP contribution in [0.1, 0.15) is 49.8 Å². The summed E-state index contributed by atoms with van der Waals surface area (Å²) in [4.78, 5) is 15.3. The number of aliphatic hydroxyl groups excluding tert-OH is 1. The van der Waals surface area contributed by atoms with Gasteiger partial charge < -0.3 is 26.0 Å². The number of urea groups is 1. The number of H-pyrrole nitrogens is 1. The first-order valence-corrected chi connectivity index (χ1v) is 15.5. The van der Waals surface area contributed by atoms with Crippen molar-refractivity contribution in [1.29, 1.82) is 0 Å². The standard InChI is InChI=1S/C31H39N5O4S/c1-2-3-4-5-18-34-31(38)35-26-11-13-28(14-12-26)41(39,40)36-27-9-6-23(7-10-27)16-19-32-22-30(37)25-8-15-29-24(21-25)17-20-33-29/h6-15,17,20-21,30,32-33,36-37H,2-5,16,18-19,22H2,1H3,(H2,34,35,38). The van der Waals surface area contributed by atoms with Gasteiger partial charge in [0, 0.05) is 36.2 Å². The molecule has 0 spiro atoms. The zero-order chi connectivity index (χ0) is 29.1. The maximum absolute atomic E-state index is 12.9. The Hall–Kier alpha value is -3.86.